The van der Waals surface area contributed by atoms with Crippen LogP contribution in [0.2, 0.25) is 0 Å². The first-order chi connectivity index (χ1) is 17.3. The van der Waals surface area contributed by atoms with Gasteiger partial charge in [-0.3, -0.25) is 14.8 Å². The lowest BCUT2D eigenvalue weighted by Gasteiger charge is -2.36. The van der Waals surface area contributed by atoms with Crippen molar-refractivity contribution in [3.8, 4) is 5.75 Å². The Kier molecular flexibility index (Phi) is 7.67. The number of rotatable bonds is 9. The largest absolute Gasteiger partial charge is 0.508 e. The van der Waals surface area contributed by atoms with Crippen LogP contribution in [0.15, 0.2) is 77.7 Å². The van der Waals surface area contributed by atoms with Crippen LogP contribution < -0.4 is 21.5 Å². The number of nitrogens with zero attached hydrogens (tertiary/aromatic N) is 1. The summed E-state index contributed by atoms with van der Waals surface area (Å²) in [5.41, 5.74) is 5.31. The predicted octanol–water partition coefficient (Wildman–Crippen LogP) is 2.87. The van der Waals surface area contributed by atoms with E-state index in [4.69, 9.17) is 5.73 Å². The van der Waals surface area contributed by atoms with Gasteiger partial charge in [0.25, 0.3) is 5.91 Å². The number of benzene rings is 3. The standard InChI is InChI=1S/C28H29N3O4S/c1-19-23(13-7-14-24(19)32)26(33)30-25(36-22-11-3-2-4-12-22)15-8-16-28(27(29)34)17-20-9-5-6-10-21(20)18-31(28)35/h2-7,9-14,17-18,25,32,35H,8,15-16H2,1H3,(H2,29,34)(H,30,33). The number of phenolic OH excluding ortho intramolecular Hbond substituents is 1. The maximum Gasteiger partial charge on any atom is 0.252 e. The van der Waals surface area contributed by atoms with Crippen molar-refractivity contribution in [2.75, 3.05) is 0 Å². The van der Waals surface area contributed by atoms with E-state index in [-0.39, 0.29) is 23.5 Å². The lowest BCUT2D eigenvalue weighted by Crippen LogP contribution is -2.57. The molecule has 0 saturated carbocycles. The van der Waals surface area contributed by atoms with Crippen LogP contribution in [0.25, 0.3) is 12.3 Å². The Bertz CT molecular complexity index is 1380. The molecular weight excluding hydrogens is 474 g/mol. The molecule has 8 heteroatoms. The monoisotopic (exact) mass is 503 g/mol. The molecule has 1 aliphatic heterocycles. The minimum Gasteiger partial charge on any atom is -0.508 e. The molecule has 2 atom stereocenters. The number of hydroxylamine groups is 2. The molecule has 3 aromatic carbocycles. The molecule has 0 fully saturated rings. The van der Waals surface area contributed by atoms with Crippen molar-refractivity contribution in [2.24, 2.45) is 5.73 Å². The summed E-state index contributed by atoms with van der Waals surface area (Å²) in [6, 6.07) is 22.0. The van der Waals surface area contributed by atoms with Gasteiger partial charge in [-0.15, -0.1) is 11.8 Å². The van der Waals surface area contributed by atoms with E-state index in [1.807, 2.05) is 54.6 Å². The van der Waals surface area contributed by atoms with Crippen LogP contribution in [0.5, 0.6) is 5.75 Å². The first-order valence-electron chi connectivity index (χ1n) is 11.7. The second kappa shape index (κ2) is 10.9. The quantitative estimate of drug-likeness (QED) is 0.264. The van der Waals surface area contributed by atoms with Crippen molar-refractivity contribution in [1.29, 1.82) is 0 Å². The summed E-state index contributed by atoms with van der Waals surface area (Å²) in [6.45, 7) is 1.70. The smallest absolute Gasteiger partial charge is 0.252 e. The summed E-state index contributed by atoms with van der Waals surface area (Å²) in [4.78, 5) is 26.6. The molecule has 1 heterocycles. The average Bonchev–Trinajstić information content (AvgIpc) is 2.86. The summed E-state index contributed by atoms with van der Waals surface area (Å²) in [7, 11) is 0. The van der Waals surface area contributed by atoms with Gasteiger partial charge in [-0.25, -0.2) is 5.06 Å². The van der Waals surface area contributed by atoms with Gasteiger partial charge in [0.15, 0.2) is 5.54 Å². The van der Waals surface area contributed by atoms with Gasteiger partial charge in [0.05, 0.1) is 5.37 Å². The van der Waals surface area contributed by atoms with Crippen molar-refractivity contribution in [2.45, 2.75) is 42.0 Å². The molecule has 1 aliphatic rings. The number of carbonyl (C=O) groups is 2. The number of carbonyl (C=O) groups excluding carboxylic acids is 2. The predicted molar refractivity (Wildman–Crippen MR) is 140 cm³/mol. The fourth-order valence-corrected chi connectivity index (χ4v) is 5.39. The molecule has 0 bridgehead atoms. The van der Waals surface area contributed by atoms with Crippen molar-refractivity contribution in [3.05, 3.63) is 94.4 Å². The molecule has 0 aliphatic carbocycles. The Morgan fingerprint density at radius 2 is 1.72 bits per heavy atom. The number of fused-ring (bicyclic) bond motifs is 1. The molecule has 0 aromatic heterocycles. The number of thioether (sulfide) groups is 1. The first-order valence-corrected chi connectivity index (χ1v) is 12.6. The Morgan fingerprint density at radius 3 is 2.44 bits per heavy atom. The number of nitrogens with one attached hydrogen (secondary N) is 1. The van der Waals surface area contributed by atoms with Crippen molar-refractivity contribution in [1.82, 2.24) is 10.4 Å². The van der Waals surface area contributed by atoms with Crippen LogP contribution in [-0.4, -0.2) is 38.1 Å². The lowest BCUT2D eigenvalue weighted by atomic mass is 9.88. The fraction of sp³-hybridized carbons (Fsp3) is 0.214. The summed E-state index contributed by atoms with van der Waals surface area (Å²) in [5.74, 6) is -0.884. The van der Waals surface area contributed by atoms with Crippen LogP contribution in [0.3, 0.4) is 0 Å². The number of aromatic hydroxyl groups is 1. The van der Waals surface area contributed by atoms with E-state index in [1.54, 1.807) is 31.2 Å². The topological polar surface area (TPSA) is 116 Å². The Morgan fingerprint density at radius 1 is 1.03 bits per heavy atom. The van der Waals surface area contributed by atoms with Crippen LogP contribution in [0.1, 0.15) is 35.2 Å². The van der Waals surface area contributed by atoms with Crippen molar-refractivity contribution >= 4 is 35.9 Å². The number of primary amides is 1. The molecule has 0 spiro atoms. The zero-order valence-electron chi connectivity index (χ0n) is 19.9. The molecule has 2 amide bonds. The SMILES string of the molecule is Cc1c(O)cccc1C(=O)NC(CCCC1(C(N)=O)C=c2ccccc2=CN1O)Sc1ccccc1. The van der Waals surface area contributed by atoms with Gasteiger partial charge in [-0.1, -0.05) is 48.5 Å². The lowest BCUT2D eigenvalue weighted by molar-refractivity contribution is -0.144. The van der Waals surface area contributed by atoms with Crippen LogP contribution in [0, 0.1) is 6.92 Å². The average molecular weight is 504 g/mol. The van der Waals surface area contributed by atoms with E-state index in [0.717, 1.165) is 20.4 Å². The third-order valence-electron chi connectivity index (χ3n) is 6.37. The first kappa shape index (κ1) is 25.3. The second-order valence-electron chi connectivity index (χ2n) is 8.77. The van der Waals surface area contributed by atoms with Gasteiger partial charge in [0.1, 0.15) is 5.75 Å². The molecule has 186 valence electrons. The van der Waals surface area contributed by atoms with E-state index in [2.05, 4.69) is 5.32 Å². The number of hydrogen-bond donors (Lipinski definition) is 4. The highest BCUT2D eigenvalue weighted by molar-refractivity contribution is 8.00. The molecule has 0 saturated heterocycles. The molecule has 0 radical (unpaired) electrons. The number of phenols is 1. The highest BCUT2D eigenvalue weighted by Crippen LogP contribution is 2.30. The van der Waals surface area contributed by atoms with Gasteiger partial charge in [-0.2, -0.15) is 0 Å². The van der Waals surface area contributed by atoms with E-state index in [0.29, 0.717) is 24.0 Å². The van der Waals surface area contributed by atoms with Crippen molar-refractivity contribution < 1.29 is 19.9 Å². The minimum atomic E-state index is -1.39. The maximum atomic E-state index is 13.1. The minimum absolute atomic E-state index is 0.0608. The van der Waals surface area contributed by atoms with Gasteiger partial charge >= 0.3 is 0 Å². The van der Waals surface area contributed by atoms with Crippen LogP contribution in [0.4, 0.5) is 0 Å². The molecule has 2 unspecified atom stereocenters. The number of hydrogen-bond acceptors (Lipinski definition) is 6. The highest BCUT2D eigenvalue weighted by atomic mass is 32.2. The normalized spacial score (nSPS) is 17.3. The van der Waals surface area contributed by atoms with Gasteiger partial charge in [-0.05, 0) is 67.0 Å². The molecule has 3 aromatic rings. The van der Waals surface area contributed by atoms with Gasteiger partial charge < -0.3 is 16.2 Å². The van der Waals surface area contributed by atoms with E-state index < -0.39 is 11.4 Å². The fourth-order valence-electron chi connectivity index (χ4n) is 4.30. The third-order valence-corrected chi connectivity index (χ3v) is 7.56. The summed E-state index contributed by atoms with van der Waals surface area (Å²) >= 11 is 1.50. The van der Waals surface area contributed by atoms with Crippen molar-refractivity contribution in [3.63, 3.8) is 0 Å². The summed E-state index contributed by atoms with van der Waals surface area (Å²) in [6.07, 6.45) is 4.50. The molecule has 5 N–H and O–H groups in total. The van der Waals surface area contributed by atoms with Gasteiger partial charge in [0.2, 0.25) is 5.91 Å². The zero-order chi connectivity index (χ0) is 25.7. The van der Waals surface area contributed by atoms with Crippen LogP contribution in [-0.2, 0) is 4.79 Å². The number of nitrogens with two attached hydrogens (primary N) is 1. The molecule has 7 nitrogen and oxygen atoms in total. The zero-order valence-corrected chi connectivity index (χ0v) is 20.7. The van der Waals surface area contributed by atoms with E-state index in [9.17, 15) is 19.9 Å². The second-order valence-corrected chi connectivity index (χ2v) is 10.0. The third kappa shape index (κ3) is 5.40. The summed E-state index contributed by atoms with van der Waals surface area (Å²) < 4.78 is 0. The van der Waals surface area contributed by atoms with Crippen LogP contribution >= 0.6 is 11.8 Å². The van der Waals surface area contributed by atoms with Gasteiger partial charge in [0, 0.05) is 22.2 Å². The Balaban J connectivity index is 1.54. The summed E-state index contributed by atoms with van der Waals surface area (Å²) in [5, 5.41) is 26.0. The van der Waals surface area contributed by atoms with E-state index >= 15 is 0 Å². The molecular formula is C28H29N3O4S. The maximum absolute atomic E-state index is 13.1. The molecule has 4 rings (SSSR count). The Labute approximate surface area is 213 Å². The van der Waals surface area contributed by atoms with E-state index in [1.165, 1.54) is 18.0 Å². The Hall–Kier alpha value is -3.75. The highest BCUT2D eigenvalue weighted by Gasteiger charge is 2.40. The molecule has 36 heavy (non-hydrogen) atoms. The number of amides is 2.